The van der Waals surface area contributed by atoms with Gasteiger partial charge in [0.15, 0.2) is 5.13 Å². The van der Waals surface area contributed by atoms with Gasteiger partial charge < -0.3 is 10.4 Å². The summed E-state index contributed by atoms with van der Waals surface area (Å²) in [4.78, 5) is 26.2. The lowest BCUT2D eigenvalue weighted by Crippen LogP contribution is -2.28. The van der Waals surface area contributed by atoms with Gasteiger partial charge in [-0.2, -0.15) is 0 Å². The lowest BCUT2D eigenvalue weighted by Gasteiger charge is -2.05. The molecule has 1 heterocycles. The lowest BCUT2D eigenvalue weighted by atomic mass is 10.2. The standard InChI is InChI=1S/C13H13N3O3S/c17-11(18)6-10-8-20-13(15-10)16-12(19)14-7-9-4-2-1-3-5-9/h1-5,8H,6-7H2,(H,17,18)(H2,14,15,16,19). The zero-order chi connectivity index (χ0) is 14.4. The first-order valence-corrected chi connectivity index (χ1v) is 6.76. The molecule has 20 heavy (non-hydrogen) atoms. The number of carbonyl (C=O) groups excluding carboxylic acids is 1. The molecule has 1 aromatic heterocycles. The van der Waals surface area contributed by atoms with Crippen LogP contribution in [0.25, 0.3) is 0 Å². The molecule has 0 radical (unpaired) electrons. The molecule has 0 aliphatic heterocycles. The first-order valence-electron chi connectivity index (χ1n) is 5.88. The molecule has 104 valence electrons. The molecule has 0 saturated carbocycles. The molecule has 2 rings (SSSR count). The van der Waals surface area contributed by atoms with Gasteiger partial charge in [0.05, 0.1) is 12.1 Å². The topological polar surface area (TPSA) is 91.3 Å². The molecule has 3 N–H and O–H groups in total. The van der Waals surface area contributed by atoms with Crippen molar-refractivity contribution >= 4 is 28.5 Å². The third-order valence-corrected chi connectivity index (χ3v) is 3.21. The van der Waals surface area contributed by atoms with Crippen molar-refractivity contribution in [2.45, 2.75) is 13.0 Å². The number of anilines is 1. The van der Waals surface area contributed by atoms with E-state index in [1.54, 1.807) is 5.38 Å². The number of hydrogen-bond acceptors (Lipinski definition) is 4. The number of carboxylic acid groups (broad SMARTS) is 1. The molecule has 0 fully saturated rings. The summed E-state index contributed by atoms with van der Waals surface area (Å²) < 4.78 is 0. The fourth-order valence-electron chi connectivity index (χ4n) is 1.52. The maximum Gasteiger partial charge on any atom is 0.321 e. The van der Waals surface area contributed by atoms with Gasteiger partial charge in [-0.3, -0.25) is 10.1 Å². The van der Waals surface area contributed by atoms with Crippen molar-refractivity contribution in [1.29, 1.82) is 0 Å². The number of carboxylic acids is 1. The van der Waals surface area contributed by atoms with E-state index in [2.05, 4.69) is 15.6 Å². The van der Waals surface area contributed by atoms with Gasteiger partial charge >= 0.3 is 12.0 Å². The average molecular weight is 291 g/mol. The molecule has 0 aliphatic rings. The molecule has 7 heteroatoms. The van der Waals surface area contributed by atoms with Crippen LogP contribution in [0.1, 0.15) is 11.3 Å². The summed E-state index contributed by atoms with van der Waals surface area (Å²) in [5.74, 6) is -0.949. The van der Waals surface area contributed by atoms with Crippen LogP contribution in [-0.2, 0) is 17.8 Å². The van der Waals surface area contributed by atoms with Gasteiger partial charge in [-0.25, -0.2) is 9.78 Å². The Morgan fingerprint density at radius 1 is 1.25 bits per heavy atom. The Bertz CT molecular complexity index is 598. The van der Waals surface area contributed by atoms with Crippen molar-refractivity contribution in [2.75, 3.05) is 5.32 Å². The van der Waals surface area contributed by atoms with Gasteiger partial charge in [0.25, 0.3) is 0 Å². The van der Waals surface area contributed by atoms with Crippen LogP contribution in [-0.4, -0.2) is 22.1 Å². The second-order valence-electron chi connectivity index (χ2n) is 4.01. The van der Waals surface area contributed by atoms with Crippen molar-refractivity contribution in [3.8, 4) is 0 Å². The summed E-state index contributed by atoms with van der Waals surface area (Å²) in [6.45, 7) is 0.417. The van der Waals surface area contributed by atoms with Crippen LogP contribution in [0.2, 0.25) is 0 Å². The SMILES string of the molecule is O=C(O)Cc1csc(NC(=O)NCc2ccccc2)n1. The Hall–Kier alpha value is -2.41. The zero-order valence-electron chi connectivity index (χ0n) is 10.5. The van der Waals surface area contributed by atoms with Crippen LogP contribution >= 0.6 is 11.3 Å². The largest absolute Gasteiger partial charge is 0.481 e. The van der Waals surface area contributed by atoms with Gasteiger partial charge in [0, 0.05) is 11.9 Å². The molecule has 0 bridgehead atoms. The summed E-state index contributed by atoms with van der Waals surface area (Å²) in [5, 5.41) is 15.9. The third kappa shape index (κ3) is 4.36. The normalized spacial score (nSPS) is 10.0. The minimum Gasteiger partial charge on any atom is -0.481 e. The summed E-state index contributed by atoms with van der Waals surface area (Å²) in [5.41, 5.74) is 1.43. The maximum absolute atomic E-state index is 11.6. The number of nitrogens with zero attached hydrogens (tertiary/aromatic N) is 1. The Morgan fingerprint density at radius 3 is 2.70 bits per heavy atom. The minimum absolute atomic E-state index is 0.149. The van der Waals surface area contributed by atoms with Crippen LogP contribution in [0.3, 0.4) is 0 Å². The van der Waals surface area contributed by atoms with Gasteiger partial charge in [0.1, 0.15) is 0 Å². The number of aliphatic carboxylic acids is 1. The first-order chi connectivity index (χ1) is 9.63. The first kappa shape index (κ1) is 14.0. The molecular formula is C13H13N3O3S. The number of nitrogens with one attached hydrogen (secondary N) is 2. The van der Waals surface area contributed by atoms with E-state index in [1.165, 1.54) is 11.3 Å². The molecule has 0 aliphatic carbocycles. The van der Waals surface area contributed by atoms with E-state index in [-0.39, 0.29) is 12.5 Å². The molecule has 0 spiro atoms. The number of amides is 2. The molecule has 1 aromatic carbocycles. The van der Waals surface area contributed by atoms with Crippen LogP contribution in [0.5, 0.6) is 0 Å². The second kappa shape index (κ2) is 6.67. The van der Waals surface area contributed by atoms with Gasteiger partial charge in [-0.05, 0) is 5.56 Å². The molecule has 2 aromatic rings. The fraction of sp³-hybridized carbons (Fsp3) is 0.154. The summed E-state index contributed by atoms with van der Waals surface area (Å²) in [6, 6.07) is 9.15. The van der Waals surface area contributed by atoms with E-state index in [9.17, 15) is 9.59 Å². The average Bonchev–Trinajstić information content (AvgIpc) is 2.84. The zero-order valence-corrected chi connectivity index (χ0v) is 11.3. The number of carbonyl (C=O) groups is 2. The third-order valence-electron chi connectivity index (χ3n) is 2.40. The fourth-order valence-corrected chi connectivity index (χ4v) is 2.23. The number of hydrogen-bond donors (Lipinski definition) is 3. The lowest BCUT2D eigenvalue weighted by molar-refractivity contribution is -0.136. The van der Waals surface area contributed by atoms with Crippen molar-refractivity contribution in [3.63, 3.8) is 0 Å². The molecular weight excluding hydrogens is 278 g/mol. The van der Waals surface area contributed by atoms with Crippen molar-refractivity contribution in [1.82, 2.24) is 10.3 Å². The Balaban J connectivity index is 1.82. The highest BCUT2D eigenvalue weighted by molar-refractivity contribution is 7.13. The van der Waals surface area contributed by atoms with E-state index >= 15 is 0 Å². The number of rotatable bonds is 5. The van der Waals surface area contributed by atoms with Crippen molar-refractivity contribution in [2.24, 2.45) is 0 Å². The Morgan fingerprint density at radius 2 is 2.00 bits per heavy atom. The summed E-state index contributed by atoms with van der Waals surface area (Å²) in [7, 11) is 0. The van der Waals surface area contributed by atoms with Crippen LogP contribution in [0, 0.1) is 0 Å². The number of urea groups is 1. The van der Waals surface area contributed by atoms with Crippen LogP contribution in [0.4, 0.5) is 9.93 Å². The summed E-state index contributed by atoms with van der Waals surface area (Å²) >= 11 is 1.20. The Labute approximate surface area is 119 Å². The predicted octanol–water partition coefficient (Wildman–Crippen LogP) is 2.09. The van der Waals surface area contributed by atoms with Gasteiger partial charge in [0.2, 0.25) is 0 Å². The van der Waals surface area contributed by atoms with Gasteiger partial charge in [-0.1, -0.05) is 30.3 Å². The number of aromatic nitrogens is 1. The van der Waals surface area contributed by atoms with Crippen LogP contribution in [0.15, 0.2) is 35.7 Å². The van der Waals surface area contributed by atoms with E-state index < -0.39 is 5.97 Å². The van der Waals surface area contributed by atoms with E-state index in [0.717, 1.165) is 5.56 Å². The van der Waals surface area contributed by atoms with Gasteiger partial charge in [-0.15, -0.1) is 11.3 Å². The highest BCUT2D eigenvalue weighted by Gasteiger charge is 2.08. The number of benzene rings is 1. The van der Waals surface area contributed by atoms with E-state index in [0.29, 0.717) is 17.4 Å². The quantitative estimate of drug-likeness (QED) is 0.786. The predicted molar refractivity (Wildman–Crippen MR) is 75.8 cm³/mol. The van der Waals surface area contributed by atoms with Crippen LogP contribution < -0.4 is 10.6 Å². The molecule has 0 atom stereocenters. The molecule has 2 amide bonds. The van der Waals surface area contributed by atoms with E-state index in [1.807, 2.05) is 30.3 Å². The van der Waals surface area contributed by atoms with Crippen molar-refractivity contribution < 1.29 is 14.7 Å². The smallest absolute Gasteiger partial charge is 0.321 e. The highest BCUT2D eigenvalue weighted by Crippen LogP contribution is 2.15. The highest BCUT2D eigenvalue weighted by atomic mass is 32.1. The van der Waals surface area contributed by atoms with E-state index in [4.69, 9.17) is 5.11 Å². The monoisotopic (exact) mass is 291 g/mol. The molecule has 6 nitrogen and oxygen atoms in total. The summed E-state index contributed by atoms with van der Waals surface area (Å²) in [6.07, 6.45) is -0.149. The minimum atomic E-state index is -0.949. The Kier molecular flexibility index (Phi) is 4.67. The second-order valence-corrected chi connectivity index (χ2v) is 4.87. The molecule has 0 unspecified atom stereocenters. The number of thiazole rings is 1. The molecule has 0 saturated heterocycles. The van der Waals surface area contributed by atoms with Crippen molar-refractivity contribution in [3.05, 3.63) is 47.0 Å². The maximum atomic E-state index is 11.6.